The zero-order valence-corrected chi connectivity index (χ0v) is 4.60. The Kier molecular flexibility index (Phi) is 0.965. The zero-order chi connectivity index (χ0) is 4.41. The van der Waals surface area contributed by atoms with E-state index in [2.05, 4.69) is 15.9 Å². The highest BCUT2D eigenvalue weighted by atomic mass is 79.9. The van der Waals surface area contributed by atoms with E-state index in [9.17, 15) is 0 Å². The van der Waals surface area contributed by atoms with Crippen molar-refractivity contribution in [2.24, 2.45) is 0 Å². The second-order valence-electron chi connectivity index (χ2n) is 0.917. The Morgan fingerprint density at radius 3 is 2.67 bits per heavy atom. The highest BCUT2D eigenvalue weighted by molar-refractivity contribution is 9.10. The van der Waals surface area contributed by atoms with Crippen molar-refractivity contribution >= 4 is 15.9 Å². The van der Waals surface area contributed by atoms with Gasteiger partial charge in [-0.3, -0.25) is 0 Å². The van der Waals surface area contributed by atoms with E-state index >= 15 is 0 Å². The Morgan fingerprint density at radius 1 is 1.67 bits per heavy atom. The number of rotatable bonds is 0. The summed E-state index contributed by atoms with van der Waals surface area (Å²) >= 11 is 3.11. The summed E-state index contributed by atoms with van der Waals surface area (Å²) in [5.74, 6) is 0. The average molecular weight is 147 g/mol. The average Bonchev–Trinajstić information content (AvgIpc) is 1.86. The first-order valence-corrected chi connectivity index (χ1v) is 2.38. The highest BCUT2D eigenvalue weighted by Crippen LogP contribution is 2.06. The molecule has 0 saturated carbocycles. The van der Waals surface area contributed by atoms with Gasteiger partial charge in [-0.2, -0.15) is 0 Å². The minimum Gasteiger partial charge on any atom is -0.458 e. The van der Waals surface area contributed by atoms with Gasteiger partial charge in [-0.25, -0.2) is 0 Å². The van der Waals surface area contributed by atoms with Crippen molar-refractivity contribution in [3.05, 3.63) is 23.1 Å². The monoisotopic (exact) mass is 146 g/mol. The smallest absolute Gasteiger partial charge is 0.168 e. The summed E-state index contributed by atoms with van der Waals surface area (Å²) in [6.07, 6.45) is 1.62. The zero-order valence-electron chi connectivity index (χ0n) is 3.02. The first-order valence-electron chi connectivity index (χ1n) is 1.58. The van der Waals surface area contributed by atoms with Gasteiger partial charge in [0, 0.05) is 0 Å². The van der Waals surface area contributed by atoms with Gasteiger partial charge in [-0.05, 0) is 28.1 Å². The Morgan fingerprint density at radius 2 is 2.50 bits per heavy atom. The molecule has 1 heterocycles. The summed E-state index contributed by atoms with van der Waals surface area (Å²) < 4.78 is 5.53. The maximum atomic E-state index is 4.75. The predicted octanol–water partition coefficient (Wildman–Crippen LogP) is 2.04. The second-order valence-corrected chi connectivity index (χ2v) is 1.70. The van der Waals surface area contributed by atoms with Crippen molar-refractivity contribution in [1.82, 2.24) is 0 Å². The lowest BCUT2D eigenvalue weighted by molar-refractivity contribution is 0.541. The molecule has 1 aromatic heterocycles. The fraction of sp³-hybridized carbons (Fsp3) is 0. The molecule has 1 aromatic rings. The van der Waals surface area contributed by atoms with Gasteiger partial charge < -0.3 is 4.42 Å². The number of hydrogen-bond acceptors (Lipinski definition) is 1. The van der Waals surface area contributed by atoms with E-state index in [1.165, 1.54) is 0 Å². The fourth-order valence-electron chi connectivity index (χ4n) is 0.259. The Bertz CT molecular complexity index is 111. The van der Waals surface area contributed by atoms with Crippen LogP contribution in [-0.4, -0.2) is 0 Å². The first-order chi connectivity index (χ1) is 2.89. The van der Waals surface area contributed by atoms with Gasteiger partial charge in [-0.1, -0.05) is 0 Å². The quantitative estimate of drug-likeness (QED) is 0.547. The lowest BCUT2D eigenvalue weighted by Gasteiger charge is -1.66. The van der Waals surface area contributed by atoms with Crippen molar-refractivity contribution < 1.29 is 4.42 Å². The van der Waals surface area contributed by atoms with Gasteiger partial charge in [-0.15, -0.1) is 0 Å². The minimum atomic E-state index is 0.780. The van der Waals surface area contributed by atoms with Crippen molar-refractivity contribution in [3.63, 3.8) is 0 Å². The maximum absolute atomic E-state index is 4.75. The predicted molar refractivity (Wildman–Crippen MR) is 26.4 cm³/mol. The molecule has 0 saturated heterocycles. The molecule has 32 valence electrons. The van der Waals surface area contributed by atoms with Gasteiger partial charge in [0.15, 0.2) is 4.67 Å². The topological polar surface area (TPSA) is 13.1 Å². The van der Waals surface area contributed by atoms with Crippen molar-refractivity contribution in [3.8, 4) is 0 Å². The van der Waals surface area contributed by atoms with Gasteiger partial charge in [0.25, 0.3) is 0 Å². The van der Waals surface area contributed by atoms with Crippen LogP contribution in [0, 0.1) is 0 Å². The van der Waals surface area contributed by atoms with E-state index in [0.29, 0.717) is 0 Å². The lowest BCUT2D eigenvalue weighted by atomic mass is 10.7. The van der Waals surface area contributed by atoms with E-state index in [0.717, 1.165) is 4.67 Å². The molecule has 0 amide bonds. The molecule has 0 aliphatic heterocycles. The van der Waals surface area contributed by atoms with E-state index in [4.69, 9.17) is 4.42 Å². The number of halogens is 1. The fourth-order valence-corrected chi connectivity index (χ4v) is 0.519. The maximum Gasteiger partial charge on any atom is 0.168 e. The highest BCUT2D eigenvalue weighted by Gasteiger charge is 1.78. The van der Waals surface area contributed by atoms with E-state index in [1.54, 1.807) is 6.26 Å². The van der Waals surface area contributed by atoms with Crippen LogP contribution in [0.3, 0.4) is 0 Å². The summed E-state index contributed by atoms with van der Waals surface area (Å²) in [5.41, 5.74) is 0. The van der Waals surface area contributed by atoms with Crippen molar-refractivity contribution in [1.29, 1.82) is 0 Å². The molecule has 0 radical (unpaired) electrons. The molecule has 0 fully saturated rings. The number of furan rings is 1. The van der Waals surface area contributed by atoms with Gasteiger partial charge in [0.1, 0.15) is 0 Å². The molecular weight excluding hydrogens is 144 g/mol. The Balaban J connectivity index is 3.05. The molecule has 0 N–H and O–H groups in total. The van der Waals surface area contributed by atoms with Crippen LogP contribution in [0.15, 0.2) is 27.5 Å². The van der Waals surface area contributed by atoms with Crippen molar-refractivity contribution in [2.45, 2.75) is 0 Å². The normalized spacial score (nSPS) is 8.83. The van der Waals surface area contributed by atoms with Gasteiger partial charge >= 0.3 is 0 Å². The summed E-state index contributed by atoms with van der Waals surface area (Å²) in [6, 6.07) is 3.66. The third kappa shape index (κ3) is 0.627. The third-order valence-corrected chi connectivity index (χ3v) is 0.938. The van der Waals surface area contributed by atoms with Crippen LogP contribution in [0.25, 0.3) is 0 Å². The van der Waals surface area contributed by atoms with E-state index in [-0.39, 0.29) is 0 Å². The van der Waals surface area contributed by atoms with Crippen LogP contribution in [0.1, 0.15) is 0 Å². The molecule has 0 spiro atoms. The van der Waals surface area contributed by atoms with Crippen LogP contribution in [0.2, 0.25) is 0 Å². The molecule has 1 rings (SSSR count). The van der Waals surface area contributed by atoms with Crippen LogP contribution >= 0.6 is 15.9 Å². The Labute approximate surface area is 44.1 Å². The largest absolute Gasteiger partial charge is 0.458 e. The molecule has 0 unspecified atom stereocenters. The summed E-state index contributed by atoms with van der Waals surface area (Å²) in [7, 11) is 0. The molecule has 0 atom stereocenters. The van der Waals surface area contributed by atoms with Crippen LogP contribution in [0.4, 0.5) is 0 Å². The standard InChI is InChI=1S/C4H3BrO/c5-4-2-1-3-6-4/h1-3H. The Hall–Kier alpha value is -0.240. The first kappa shape index (κ1) is 3.93. The number of hydrogen-bond donors (Lipinski definition) is 0. The molecule has 2 heteroatoms. The molecule has 1 nitrogen and oxygen atoms in total. The van der Waals surface area contributed by atoms with Crippen LogP contribution < -0.4 is 0 Å². The van der Waals surface area contributed by atoms with Crippen LogP contribution in [0.5, 0.6) is 0 Å². The molecule has 0 aliphatic rings. The van der Waals surface area contributed by atoms with E-state index in [1.807, 2.05) is 12.1 Å². The summed E-state index contributed by atoms with van der Waals surface area (Å²) in [4.78, 5) is 0. The second kappa shape index (κ2) is 1.47. The van der Waals surface area contributed by atoms with Gasteiger partial charge in [0.2, 0.25) is 0 Å². The molecular formula is C4H3BrO. The SMILES string of the molecule is Brc1ccco1. The molecule has 0 aliphatic carbocycles. The minimum absolute atomic E-state index is 0.780. The summed E-state index contributed by atoms with van der Waals surface area (Å²) in [5, 5.41) is 0. The van der Waals surface area contributed by atoms with Crippen molar-refractivity contribution in [2.75, 3.05) is 0 Å². The van der Waals surface area contributed by atoms with E-state index < -0.39 is 0 Å². The van der Waals surface area contributed by atoms with Gasteiger partial charge in [0.05, 0.1) is 6.26 Å². The third-order valence-electron chi connectivity index (χ3n) is 0.486. The molecule has 0 bridgehead atoms. The van der Waals surface area contributed by atoms with Crippen LogP contribution in [-0.2, 0) is 0 Å². The molecule has 6 heavy (non-hydrogen) atoms. The molecule has 0 aromatic carbocycles. The summed E-state index contributed by atoms with van der Waals surface area (Å²) in [6.45, 7) is 0. The lowest BCUT2D eigenvalue weighted by Crippen LogP contribution is -1.35.